The molecule has 1 aromatic rings. The van der Waals surface area contributed by atoms with Crippen molar-refractivity contribution in [2.75, 3.05) is 23.7 Å². The van der Waals surface area contributed by atoms with Crippen molar-refractivity contribution < 1.29 is 4.79 Å². The molecule has 4 N–H and O–H groups in total. The number of anilines is 2. The molecular formula is C11H15N3O. The molecule has 0 unspecified atom stereocenters. The lowest BCUT2D eigenvalue weighted by Crippen LogP contribution is -2.08. The summed E-state index contributed by atoms with van der Waals surface area (Å²) in [6.07, 6.45) is 1.44. The molecule has 0 aromatic heterocycles. The summed E-state index contributed by atoms with van der Waals surface area (Å²) in [5.74, 6) is 0.0732. The third-order valence-electron chi connectivity index (χ3n) is 2.44. The molecule has 4 heteroatoms. The molecular weight excluding hydrogens is 190 g/mol. The molecule has 80 valence electrons. The maximum Gasteiger partial charge on any atom is 0.228 e. The van der Waals surface area contributed by atoms with Gasteiger partial charge in [0.25, 0.3) is 0 Å². The molecule has 2 rings (SSSR count). The Hall–Kier alpha value is -1.55. The number of rotatable bonds is 4. The molecule has 0 atom stereocenters. The summed E-state index contributed by atoms with van der Waals surface area (Å²) >= 11 is 0. The van der Waals surface area contributed by atoms with E-state index in [1.807, 2.05) is 18.2 Å². The Labute approximate surface area is 88.9 Å². The van der Waals surface area contributed by atoms with E-state index in [9.17, 15) is 4.79 Å². The Balaban J connectivity index is 2.03. The van der Waals surface area contributed by atoms with Gasteiger partial charge in [-0.05, 0) is 36.7 Å². The number of carbonyl (C=O) groups excluding carboxylic acids is 1. The first-order chi connectivity index (χ1) is 7.29. The van der Waals surface area contributed by atoms with Crippen molar-refractivity contribution in [3.63, 3.8) is 0 Å². The summed E-state index contributed by atoms with van der Waals surface area (Å²) in [7, 11) is 0. The van der Waals surface area contributed by atoms with E-state index in [4.69, 9.17) is 5.73 Å². The van der Waals surface area contributed by atoms with Gasteiger partial charge in [-0.25, -0.2) is 0 Å². The van der Waals surface area contributed by atoms with Crippen LogP contribution in [0.1, 0.15) is 12.0 Å². The number of amides is 1. The first-order valence-corrected chi connectivity index (χ1v) is 5.16. The maximum atomic E-state index is 11.1. The lowest BCUT2D eigenvalue weighted by Gasteiger charge is -2.06. The van der Waals surface area contributed by atoms with Crippen molar-refractivity contribution in [3.8, 4) is 0 Å². The smallest absolute Gasteiger partial charge is 0.228 e. The number of hydrogen-bond acceptors (Lipinski definition) is 3. The molecule has 1 amide bonds. The fourth-order valence-corrected chi connectivity index (χ4v) is 1.67. The molecule has 0 aliphatic carbocycles. The van der Waals surface area contributed by atoms with Gasteiger partial charge in [-0.3, -0.25) is 4.79 Å². The van der Waals surface area contributed by atoms with Gasteiger partial charge >= 0.3 is 0 Å². The summed E-state index contributed by atoms with van der Waals surface area (Å²) in [4.78, 5) is 11.1. The molecule has 1 aliphatic rings. The first-order valence-electron chi connectivity index (χ1n) is 5.16. The SMILES string of the molecule is NCCCNc1ccc2c(c1)CC(=O)N2. The van der Waals surface area contributed by atoms with Crippen LogP contribution in [0.3, 0.4) is 0 Å². The Morgan fingerprint density at radius 2 is 2.33 bits per heavy atom. The van der Waals surface area contributed by atoms with Crippen LogP contribution in [0.2, 0.25) is 0 Å². The van der Waals surface area contributed by atoms with E-state index in [1.54, 1.807) is 0 Å². The summed E-state index contributed by atoms with van der Waals surface area (Å²) < 4.78 is 0. The monoisotopic (exact) mass is 205 g/mol. The van der Waals surface area contributed by atoms with Crippen molar-refractivity contribution in [3.05, 3.63) is 23.8 Å². The largest absolute Gasteiger partial charge is 0.385 e. The number of benzene rings is 1. The zero-order chi connectivity index (χ0) is 10.7. The number of hydrogen-bond donors (Lipinski definition) is 3. The summed E-state index contributed by atoms with van der Waals surface area (Å²) in [5, 5.41) is 6.08. The second kappa shape index (κ2) is 4.31. The summed E-state index contributed by atoms with van der Waals surface area (Å²) in [6.45, 7) is 1.56. The Kier molecular flexibility index (Phi) is 2.87. The fourth-order valence-electron chi connectivity index (χ4n) is 1.67. The summed E-state index contributed by atoms with van der Waals surface area (Å²) in [5.41, 5.74) is 8.46. The second-order valence-electron chi connectivity index (χ2n) is 3.67. The fraction of sp³-hybridized carbons (Fsp3) is 0.364. The van der Waals surface area contributed by atoms with E-state index >= 15 is 0 Å². The second-order valence-corrected chi connectivity index (χ2v) is 3.67. The highest BCUT2D eigenvalue weighted by molar-refractivity contribution is 5.99. The van der Waals surface area contributed by atoms with Gasteiger partial charge < -0.3 is 16.4 Å². The molecule has 1 aromatic carbocycles. The van der Waals surface area contributed by atoms with Crippen molar-refractivity contribution in [1.29, 1.82) is 0 Å². The van der Waals surface area contributed by atoms with Crippen molar-refractivity contribution in [2.24, 2.45) is 5.73 Å². The first kappa shape index (κ1) is 9.98. The number of carbonyl (C=O) groups is 1. The van der Waals surface area contributed by atoms with Crippen LogP contribution in [0.15, 0.2) is 18.2 Å². The van der Waals surface area contributed by atoms with Gasteiger partial charge in [0.05, 0.1) is 6.42 Å². The van der Waals surface area contributed by atoms with E-state index in [1.165, 1.54) is 0 Å². The zero-order valence-electron chi connectivity index (χ0n) is 8.55. The third-order valence-corrected chi connectivity index (χ3v) is 2.44. The number of nitrogens with one attached hydrogen (secondary N) is 2. The summed E-state index contributed by atoms with van der Waals surface area (Å²) in [6, 6.07) is 5.93. The Morgan fingerprint density at radius 3 is 3.13 bits per heavy atom. The minimum atomic E-state index is 0.0732. The van der Waals surface area contributed by atoms with E-state index in [0.29, 0.717) is 13.0 Å². The maximum absolute atomic E-state index is 11.1. The highest BCUT2D eigenvalue weighted by Crippen LogP contribution is 2.25. The average Bonchev–Trinajstić information content (AvgIpc) is 2.57. The van der Waals surface area contributed by atoms with Gasteiger partial charge in [0.1, 0.15) is 0 Å². The van der Waals surface area contributed by atoms with Crippen molar-refractivity contribution in [1.82, 2.24) is 0 Å². The predicted octanol–water partition coefficient (Wildman–Crippen LogP) is 0.942. The Morgan fingerprint density at radius 1 is 1.47 bits per heavy atom. The molecule has 0 saturated heterocycles. The van der Waals surface area contributed by atoms with E-state index in [0.717, 1.165) is 29.9 Å². The molecule has 4 nitrogen and oxygen atoms in total. The normalized spacial score (nSPS) is 13.5. The minimum Gasteiger partial charge on any atom is -0.385 e. The van der Waals surface area contributed by atoms with Crippen LogP contribution in [-0.4, -0.2) is 19.0 Å². The predicted molar refractivity (Wildman–Crippen MR) is 60.9 cm³/mol. The molecule has 0 saturated carbocycles. The highest BCUT2D eigenvalue weighted by atomic mass is 16.1. The average molecular weight is 205 g/mol. The van der Waals surface area contributed by atoms with Gasteiger partial charge in [0.15, 0.2) is 0 Å². The van der Waals surface area contributed by atoms with Crippen LogP contribution in [0.25, 0.3) is 0 Å². The molecule has 0 radical (unpaired) electrons. The van der Waals surface area contributed by atoms with Gasteiger partial charge in [-0.1, -0.05) is 0 Å². The topological polar surface area (TPSA) is 67.1 Å². The highest BCUT2D eigenvalue weighted by Gasteiger charge is 2.16. The molecule has 0 fully saturated rings. The lowest BCUT2D eigenvalue weighted by molar-refractivity contribution is -0.115. The van der Waals surface area contributed by atoms with Crippen molar-refractivity contribution >= 4 is 17.3 Å². The molecule has 0 spiro atoms. The van der Waals surface area contributed by atoms with Crippen LogP contribution in [0.4, 0.5) is 11.4 Å². The zero-order valence-corrected chi connectivity index (χ0v) is 8.55. The molecule has 1 aliphatic heterocycles. The number of fused-ring (bicyclic) bond motifs is 1. The molecule has 0 bridgehead atoms. The van der Waals surface area contributed by atoms with Gasteiger partial charge in [0.2, 0.25) is 5.91 Å². The molecule has 1 heterocycles. The van der Waals surface area contributed by atoms with E-state index in [2.05, 4.69) is 10.6 Å². The lowest BCUT2D eigenvalue weighted by atomic mass is 10.1. The van der Waals surface area contributed by atoms with Crippen LogP contribution >= 0.6 is 0 Å². The minimum absolute atomic E-state index is 0.0732. The van der Waals surface area contributed by atoms with Gasteiger partial charge in [0, 0.05) is 17.9 Å². The number of nitrogens with two attached hydrogens (primary N) is 1. The van der Waals surface area contributed by atoms with E-state index < -0.39 is 0 Å². The van der Waals surface area contributed by atoms with Crippen LogP contribution in [0, 0.1) is 0 Å². The van der Waals surface area contributed by atoms with Crippen LogP contribution in [0.5, 0.6) is 0 Å². The quantitative estimate of drug-likeness (QED) is 0.641. The van der Waals surface area contributed by atoms with Gasteiger partial charge in [-0.15, -0.1) is 0 Å². The van der Waals surface area contributed by atoms with Crippen LogP contribution < -0.4 is 16.4 Å². The van der Waals surface area contributed by atoms with E-state index in [-0.39, 0.29) is 5.91 Å². The Bertz CT molecular complexity index is 376. The van der Waals surface area contributed by atoms with Crippen molar-refractivity contribution in [2.45, 2.75) is 12.8 Å². The van der Waals surface area contributed by atoms with Gasteiger partial charge in [-0.2, -0.15) is 0 Å². The van der Waals surface area contributed by atoms with Crippen LogP contribution in [-0.2, 0) is 11.2 Å². The standard InChI is InChI=1S/C11H15N3O/c12-4-1-5-13-9-2-3-10-8(6-9)7-11(15)14-10/h2-3,6,13H,1,4-5,7,12H2,(H,14,15). The molecule has 15 heavy (non-hydrogen) atoms. The third kappa shape index (κ3) is 2.27.